The summed E-state index contributed by atoms with van der Waals surface area (Å²) < 4.78 is 18.1. The van der Waals surface area contributed by atoms with Crippen LogP contribution in [0, 0.1) is 0 Å². The molecule has 0 N–H and O–H groups in total. The van der Waals surface area contributed by atoms with Crippen LogP contribution in [-0.2, 0) is 20.9 Å². The molecule has 182 valence electrons. The molecule has 0 saturated heterocycles. The van der Waals surface area contributed by atoms with Gasteiger partial charge in [-0.25, -0.2) is 15.0 Å². The molecule has 2 aromatic rings. The lowest BCUT2D eigenvalue weighted by Crippen LogP contribution is -2.42. The maximum Gasteiger partial charge on any atom is 0.500 e. The zero-order valence-electron chi connectivity index (χ0n) is 17.8. The van der Waals surface area contributed by atoms with Crippen LogP contribution in [0.2, 0.25) is 6.04 Å². The highest BCUT2D eigenvalue weighted by Crippen LogP contribution is 2.40. The number of aromatic nitrogens is 3. The van der Waals surface area contributed by atoms with Gasteiger partial charge in [-0.3, -0.25) is 0 Å². The van der Waals surface area contributed by atoms with Gasteiger partial charge in [-0.05, 0) is 30.2 Å². The van der Waals surface area contributed by atoms with Crippen LogP contribution in [-0.4, -0.2) is 51.7 Å². The van der Waals surface area contributed by atoms with Crippen molar-refractivity contribution in [2.75, 3.05) is 27.9 Å². The Bertz CT molecular complexity index is 894. The summed E-state index contributed by atoms with van der Waals surface area (Å²) in [5.74, 6) is 0.559. The van der Waals surface area contributed by atoms with Gasteiger partial charge in [0.05, 0.1) is 6.61 Å². The van der Waals surface area contributed by atoms with Crippen LogP contribution in [0.25, 0.3) is 12.2 Å². The van der Waals surface area contributed by atoms with E-state index in [0.29, 0.717) is 18.4 Å². The van der Waals surface area contributed by atoms with Gasteiger partial charge in [-0.2, -0.15) is 0 Å². The summed E-state index contributed by atoms with van der Waals surface area (Å²) >= 11 is 35.3. The molecule has 7 nitrogen and oxygen atoms in total. The van der Waals surface area contributed by atoms with Crippen LogP contribution in [0.15, 0.2) is 24.3 Å². The smallest absolute Gasteiger partial charge is 0.494 e. The first-order chi connectivity index (χ1) is 15.4. The molecule has 0 atom stereocenters. The van der Waals surface area contributed by atoms with E-state index < -0.39 is 16.4 Å². The Hall–Kier alpha value is -0.393. The summed E-state index contributed by atoms with van der Waals surface area (Å²) in [6.07, 6.45) is 4.06. The van der Waals surface area contributed by atoms with E-state index in [1.54, 1.807) is 33.5 Å². The van der Waals surface area contributed by atoms with Crippen molar-refractivity contribution in [3.8, 4) is 5.75 Å². The summed E-state index contributed by atoms with van der Waals surface area (Å²) in [5, 5.41) is 0. The monoisotopic (exact) mass is 593 g/mol. The lowest BCUT2D eigenvalue weighted by atomic mass is 10.2. The number of hydrogen-bond acceptors (Lipinski definition) is 7. The van der Waals surface area contributed by atoms with E-state index in [-0.39, 0.29) is 17.5 Å². The van der Waals surface area contributed by atoms with E-state index in [2.05, 4.69) is 15.0 Å². The molecule has 33 heavy (non-hydrogen) atoms. The first kappa shape index (κ1) is 28.8. The first-order valence-corrected chi connectivity index (χ1v) is 13.6. The second-order valence-electron chi connectivity index (χ2n) is 6.49. The molecule has 0 aliphatic heterocycles. The minimum absolute atomic E-state index is 0.158. The molecule has 0 radical (unpaired) electrons. The molecular formula is C19H21Cl6N3O4Si. The molecule has 0 bridgehead atoms. The molecule has 1 heterocycles. The number of alkyl halides is 6. The highest BCUT2D eigenvalue weighted by Gasteiger charge is 2.37. The Morgan fingerprint density at radius 1 is 0.788 bits per heavy atom. The second kappa shape index (κ2) is 12.5. The van der Waals surface area contributed by atoms with E-state index in [9.17, 15) is 0 Å². The zero-order valence-corrected chi connectivity index (χ0v) is 23.4. The molecule has 0 fully saturated rings. The molecule has 0 aliphatic carbocycles. The van der Waals surface area contributed by atoms with Crippen molar-refractivity contribution >= 4 is 90.6 Å². The van der Waals surface area contributed by atoms with Gasteiger partial charge in [0.2, 0.25) is 7.59 Å². The molecule has 0 spiro atoms. The minimum Gasteiger partial charge on any atom is -0.494 e. The summed E-state index contributed by atoms with van der Waals surface area (Å²) in [5.41, 5.74) is 0.846. The van der Waals surface area contributed by atoms with Crippen LogP contribution >= 0.6 is 69.6 Å². The molecule has 0 saturated carbocycles. The molecule has 2 rings (SSSR count). The fourth-order valence-electron chi connectivity index (χ4n) is 2.60. The van der Waals surface area contributed by atoms with Crippen LogP contribution in [0.1, 0.15) is 29.5 Å². The Kier molecular flexibility index (Phi) is 11.0. The zero-order chi connectivity index (χ0) is 24.7. The van der Waals surface area contributed by atoms with Gasteiger partial charge in [0.25, 0.3) is 0 Å². The SMILES string of the molecule is CO[Si](CCCOc1ccc(/C=C/c2nc(C(Cl)(Cl)Cl)nc(C(Cl)(Cl)Cl)n2)cc1)(OC)OC. The first-order valence-electron chi connectivity index (χ1n) is 9.39. The van der Waals surface area contributed by atoms with E-state index >= 15 is 0 Å². The van der Waals surface area contributed by atoms with Crippen molar-refractivity contribution in [1.29, 1.82) is 0 Å². The van der Waals surface area contributed by atoms with Crippen molar-refractivity contribution in [2.24, 2.45) is 0 Å². The lowest BCUT2D eigenvalue weighted by molar-refractivity contribution is 0.121. The number of rotatable bonds is 10. The van der Waals surface area contributed by atoms with Crippen LogP contribution in [0.3, 0.4) is 0 Å². The van der Waals surface area contributed by atoms with E-state index in [1.807, 2.05) is 24.3 Å². The van der Waals surface area contributed by atoms with Crippen molar-refractivity contribution in [1.82, 2.24) is 15.0 Å². The molecule has 14 heteroatoms. The van der Waals surface area contributed by atoms with Crippen molar-refractivity contribution in [3.63, 3.8) is 0 Å². The quantitative estimate of drug-likeness (QED) is 0.180. The predicted octanol–water partition coefficient (Wildman–Crippen LogP) is 6.34. The van der Waals surface area contributed by atoms with Gasteiger partial charge >= 0.3 is 8.80 Å². The molecule has 0 unspecified atom stereocenters. The van der Waals surface area contributed by atoms with E-state index in [0.717, 1.165) is 12.0 Å². The number of halogens is 6. The number of hydrogen-bond donors (Lipinski definition) is 0. The predicted molar refractivity (Wildman–Crippen MR) is 135 cm³/mol. The van der Waals surface area contributed by atoms with Crippen molar-refractivity contribution in [2.45, 2.75) is 20.0 Å². The van der Waals surface area contributed by atoms with Crippen LogP contribution in [0.4, 0.5) is 0 Å². The Morgan fingerprint density at radius 2 is 1.30 bits per heavy atom. The Balaban J connectivity index is 2.04. The standard InChI is InChI=1S/C19H21Cl6N3O4Si/c1-29-33(30-2,31-3)12-4-11-32-14-8-5-13(6-9-14)7-10-15-26-16(18(20,21)22)28-17(27-15)19(23,24)25/h5-10H,4,11-12H2,1-3H3/b10-7+. The highest BCUT2D eigenvalue weighted by atomic mass is 35.6. The second-order valence-corrected chi connectivity index (χ2v) is 14.1. The van der Waals surface area contributed by atoms with Crippen molar-refractivity contribution < 1.29 is 18.0 Å². The molecule has 1 aromatic heterocycles. The number of benzene rings is 1. The van der Waals surface area contributed by atoms with E-state index in [4.69, 9.17) is 87.6 Å². The van der Waals surface area contributed by atoms with Crippen LogP contribution in [0.5, 0.6) is 5.75 Å². The van der Waals surface area contributed by atoms with Crippen LogP contribution < -0.4 is 4.74 Å². The number of ether oxygens (including phenoxy) is 1. The third kappa shape index (κ3) is 8.96. The number of nitrogens with zero attached hydrogens (tertiary/aromatic N) is 3. The van der Waals surface area contributed by atoms with Gasteiger partial charge in [0, 0.05) is 27.4 Å². The molecule has 0 amide bonds. The molecule has 0 aliphatic rings. The average molecular weight is 596 g/mol. The maximum atomic E-state index is 5.88. The normalized spacial score (nSPS) is 13.0. The summed E-state index contributed by atoms with van der Waals surface area (Å²) in [6, 6.07) is 8.03. The highest BCUT2D eigenvalue weighted by molar-refractivity contribution is 6.67. The fourth-order valence-corrected chi connectivity index (χ4v) is 4.80. The maximum absolute atomic E-state index is 5.88. The fraction of sp³-hybridized carbons (Fsp3) is 0.421. The van der Waals surface area contributed by atoms with Gasteiger partial charge in [0.15, 0.2) is 17.5 Å². The largest absolute Gasteiger partial charge is 0.500 e. The Labute approximate surface area is 223 Å². The van der Waals surface area contributed by atoms with Gasteiger partial charge in [-0.15, -0.1) is 0 Å². The van der Waals surface area contributed by atoms with Gasteiger partial charge < -0.3 is 18.0 Å². The summed E-state index contributed by atoms with van der Waals surface area (Å²) in [4.78, 5) is 12.1. The average Bonchev–Trinajstić information content (AvgIpc) is 2.78. The minimum atomic E-state index is -2.59. The third-order valence-electron chi connectivity index (χ3n) is 4.29. The topological polar surface area (TPSA) is 75.6 Å². The van der Waals surface area contributed by atoms with Crippen molar-refractivity contribution in [3.05, 3.63) is 47.3 Å². The van der Waals surface area contributed by atoms with E-state index in [1.165, 1.54) is 0 Å². The summed E-state index contributed by atoms with van der Waals surface area (Å²) in [6.45, 7) is 0.491. The third-order valence-corrected chi connectivity index (χ3v) is 8.14. The van der Waals surface area contributed by atoms with Gasteiger partial charge in [0.1, 0.15) is 5.75 Å². The van der Waals surface area contributed by atoms with Gasteiger partial charge in [-0.1, -0.05) is 87.8 Å². The molecular weight excluding hydrogens is 575 g/mol. The summed E-state index contributed by atoms with van der Waals surface area (Å²) in [7, 11) is 2.15. The molecule has 1 aromatic carbocycles. The Morgan fingerprint density at radius 3 is 1.76 bits per heavy atom. The lowest BCUT2D eigenvalue weighted by Gasteiger charge is -2.24.